The lowest BCUT2D eigenvalue weighted by atomic mass is 9.83. The summed E-state index contributed by atoms with van der Waals surface area (Å²) in [6.07, 6.45) is 3.64. The van der Waals surface area contributed by atoms with Crippen LogP contribution in [-0.2, 0) is 25.6 Å². The highest BCUT2D eigenvalue weighted by Gasteiger charge is 2.44. The largest absolute Gasteiger partial charge is 0.351 e. The molecule has 37 heavy (non-hydrogen) atoms. The van der Waals surface area contributed by atoms with E-state index >= 15 is 0 Å². The van der Waals surface area contributed by atoms with Crippen molar-refractivity contribution < 1.29 is 23.5 Å². The lowest BCUT2D eigenvalue weighted by Crippen LogP contribution is -2.54. The van der Waals surface area contributed by atoms with Gasteiger partial charge >= 0.3 is 0 Å². The first-order valence-corrected chi connectivity index (χ1v) is 13.9. The average Bonchev–Trinajstić information content (AvgIpc) is 2.91. The highest BCUT2D eigenvalue weighted by molar-refractivity contribution is 8.04. The first-order valence-electron chi connectivity index (χ1n) is 13.0. The maximum atomic E-state index is 13.7. The number of rotatable bonds is 10. The fourth-order valence-electron chi connectivity index (χ4n) is 4.97. The van der Waals surface area contributed by atoms with Gasteiger partial charge in [0.15, 0.2) is 6.29 Å². The molecule has 2 fully saturated rings. The molecule has 1 N–H and O–H groups in total. The third-order valence-corrected chi connectivity index (χ3v) is 8.19. The number of ether oxygens (including phenoxy) is 2. The summed E-state index contributed by atoms with van der Waals surface area (Å²) in [7, 11) is 0. The van der Waals surface area contributed by atoms with Crippen LogP contribution in [0.15, 0.2) is 59.5 Å². The molecule has 0 spiro atoms. The first kappa shape index (κ1) is 27.4. The van der Waals surface area contributed by atoms with Crippen LogP contribution in [-0.4, -0.2) is 54.1 Å². The normalized spacial score (nSPS) is 22.8. The zero-order valence-electron chi connectivity index (χ0n) is 21.4. The van der Waals surface area contributed by atoms with Crippen molar-refractivity contribution in [1.82, 2.24) is 10.2 Å². The zero-order valence-corrected chi connectivity index (χ0v) is 22.2. The third-order valence-electron chi connectivity index (χ3n) is 6.79. The van der Waals surface area contributed by atoms with E-state index in [-0.39, 0.29) is 34.8 Å². The van der Waals surface area contributed by atoms with Crippen molar-refractivity contribution in [2.24, 2.45) is 5.92 Å². The molecule has 1 aliphatic heterocycles. The maximum absolute atomic E-state index is 13.7. The third kappa shape index (κ3) is 7.21. The Balaban J connectivity index is 1.51. The summed E-state index contributed by atoms with van der Waals surface area (Å²) >= 11 is 1.62. The van der Waals surface area contributed by atoms with Crippen molar-refractivity contribution in [2.45, 2.75) is 57.2 Å². The van der Waals surface area contributed by atoms with E-state index in [0.29, 0.717) is 37.6 Å². The second kappa shape index (κ2) is 13.2. The van der Waals surface area contributed by atoms with Crippen molar-refractivity contribution in [3.05, 3.63) is 76.4 Å². The van der Waals surface area contributed by atoms with Crippen LogP contribution in [0.3, 0.4) is 0 Å². The average molecular weight is 527 g/mol. The lowest BCUT2D eigenvalue weighted by molar-refractivity contribution is -0.143. The van der Waals surface area contributed by atoms with Gasteiger partial charge in [0.25, 0.3) is 5.91 Å². The van der Waals surface area contributed by atoms with E-state index in [1.54, 1.807) is 23.9 Å². The predicted molar refractivity (Wildman–Crippen MR) is 144 cm³/mol. The van der Waals surface area contributed by atoms with Crippen molar-refractivity contribution in [1.29, 1.82) is 0 Å². The van der Waals surface area contributed by atoms with Crippen LogP contribution in [0.4, 0.5) is 4.39 Å². The van der Waals surface area contributed by atoms with Gasteiger partial charge in [-0.2, -0.15) is 0 Å². The van der Waals surface area contributed by atoms with Gasteiger partial charge in [0.1, 0.15) is 5.82 Å². The molecule has 8 heteroatoms. The minimum Gasteiger partial charge on any atom is -0.351 e. The van der Waals surface area contributed by atoms with Crippen LogP contribution >= 0.6 is 11.8 Å². The number of nitrogens with one attached hydrogen (secondary N) is 1. The van der Waals surface area contributed by atoms with Crippen molar-refractivity contribution >= 4 is 29.7 Å². The Morgan fingerprint density at radius 2 is 1.81 bits per heavy atom. The fraction of sp³-hybridized carbons (Fsp3) is 0.448. The maximum Gasteiger partial charge on any atom is 0.260 e. The number of carbonyl (C=O) groups excluding carboxylic acids is 2. The Morgan fingerprint density at radius 1 is 1.11 bits per heavy atom. The number of hydrogen-bond acceptors (Lipinski definition) is 5. The molecule has 0 bridgehead atoms. The molecular weight excluding hydrogens is 491 g/mol. The topological polar surface area (TPSA) is 67.9 Å². The van der Waals surface area contributed by atoms with Crippen LogP contribution in [0.25, 0.3) is 6.08 Å². The summed E-state index contributed by atoms with van der Waals surface area (Å²) in [6, 6.07) is 16.0. The molecule has 6 nitrogen and oxygen atoms in total. The van der Waals surface area contributed by atoms with E-state index in [2.05, 4.69) is 5.32 Å². The summed E-state index contributed by atoms with van der Waals surface area (Å²) < 4.78 is 24.6. The monoisotopic (exact) mass is 526 g/mol. The number of halogens is 1. The Labute approximate surface area is 222 Å². The van der Waals surface area contributed by atoms with Gasteiger partial charge in [0.05, 0.1) is 11.4 Å². The SMILES string of the molecule is CCOC(CNC(=O)C1CCC2S/C(=C\c3ccccc3)C(=O)N(Cc3ccc(F)cc3)C2C1)OCC. The highest BCUT2D eigenvalue weighted by atomic mass is 32.2. The molecule has 2 aromatic carbocycles. The van der Waals surface area contributed by atoms with E-state index in [0.717, 1.165) is 24.0 Å². The number of benzene rings is 2. The van der Waals surface area contributed by atoms with Gasteiger partial charge < -0.3 is 19.7 Å². The predicted octanol–water partition coefficient (Wildman–Crippen LogP) is 4.99. The number of hydrogen-bond donors (Lipinski definition) is 1. The van der Waals surface area contributed by atoms with Crippen molar-refractivity contribution in [3.63, 3.8) is 0 Å². The Kier molecular flexibility index (Phi) is 9.77. The molecule has 2 aromatic rings. The molecule has 198 valence electrons. The van der Waals surface area contributed by atoms with Crippen LogP contribution in [0.5, 0.6) is 0 Å². The van der Waals surface area contributed by atoms with Crippen molar-refractivity contribution in [2.75, 3.05) is 19.8 Å². The molecule has 2 amide bonds. The summed E-state index contributed by atoms with van der Waals surface area (Å²) in [5, 5.41) is 3.18. The first-order chi connectivity index (χ1) is 18.0. The molecule has 0 radical (unpaired) electrons. The minimum absolute atomic E-state index is 0.0346. The Hall–Kier alpha value is -2.68. The summed E-state index contributed by atoms with van der Waals surface area (Å²) in [6.45, 7) is 5.46. The summed E-state index contributed by atoms with van der Waals surface area (Å²) in [4.78, 5) is 29.4. The van der Waals surface area contributed by atoms with Gasteiger partial charge in [-0.25, -0.2) is 4.39 Å². The van der Waals surface area contributed by atoms with E-state index in [1.807, 2.05) is 55.2 Å². The molecule has 2 aliphatic rings. The van der Waals surface area contributed by atoms with Crippen LogP contribution in [0.1, 0.15) is 44.2 Å². The molecule has 1 saturated heterocycles. The van der Waals surface area contributed by atoms with E-state index in [4.69, 9.17) is 9.47 Å². The summed E-state index contributed by atoms with van der Waals surface area (Å²) in [5.41, 5.74) is 1.84. The van der Waals surface area contributed by atoms with Gasteiger partial charge in [0.2, 0.25) is 5.91 Å². The van der Waals surface area contributed by atoms with E-state index in [1.165, 1.54) is 12.1 Å². The number of amides is 2. The molecule has 1 aliphatic carbocycles. The van der Waals surface area contributed by atoms with Crippen LogP contribution < -0.4 is 5.32 Å². The van der Waals surface area contributed by atoms with Crippen molar-refractivity contribution in [3.8, 4) is 0 Å². The second-order valence-corrected chi connectivity index (χ2v) is 10.6. The molecule has 3 unspecified atom stereocenters. The quantitative estimate of drug-likeness (QED) is 0.349. The van der Waals surface area contributed by atoms with Crippen LogP contribution in [0, 0.1) is 11.7 Å². The Bertz CT molecular complexity index is 1070. The van der Waals surface area contributed by atoms with E-state index in [9.17, 15) is 14.0 Å². The molecular formula is C29H35FN2O4S. The fourth-order valence-corrected chi connectivity index (χ4v) is 6.38. The Morgan fingerprint density at radius 3 is 2.49 bits per heavy atom. The van der Waals surface area contributed by atoms with Gasteiger partial charge in [-0.05, 0) is 62.4 Å². The number of thioether (sulfide) groups is 1. The number of nitrogens with zero attached hydrogens (tertiary/aromatic N) is 1. The van der Waals surface area contributed by atoms with E-state index < -0.39 is 6.29 Å². The molecule has 1 saturated carbocycles. The zero-order chi connectivity index (χ0) is 26.2. The highest BCUT2D eigenvalue weighted by Crippen LogP contribution is 2.44. The lowest BCUT2D eigenvalue weighted by Gasteiger charge is -2.46. The number of carbonyl (C=O) groups is 2. The van der Waals surface area contributed by atoms with Gasteiger partial charge in [-0.1, -0.05) is 42.5 Å². The standard InChI is InChI=1S/C29H35FN2O4S/c1-3-35-27(36-4-2)18-31-28(33)22-12-15-25-24(17-22)32(19-21-10-13-23(30)14-11-21)29(34)26(37-25)16-20-8-6-5-7-9-20/h5-11,13-14,16,22,24-25,27H,3-4,12,15,17-19H2,1-2H3,(H,31,33)/b26-16-. The molecule has 4 rings (SSSR count). The summed E-state index contributed by atoms with van der Waals surface area (Å²) in [5.74, 6) is -0.589. The smallest absolute Gasteiger partial charge is 0.260 e. The molecule has 1 heterocycles. The molecule has 0 aromatic heterocycles. The van der Waals surface area contributed by atoms with Gasteiger partial charge in [-0.15, -0.1) is 11.8 Å². The van der Waals surface area contributed by atoms with Crippen LogP contribution in [0.2, 0.25) is 0 Å². The number of fused-ring (bicyclic) bond motifs is 1. The minimum atomic E-state index is -0.470. The van der Waals surface area contributed by atoms with Gasteiger partial charge in [0, 0.05) is 37.0 Å². The molecule has 3 atom stereocenters. The van der Waals surface area contributed by atoms with Gasteiger partial charge in [-0.3, -0.25) is 9.59 Å². The second-order valence-electron chi connectivity index (χ2n) is 9.30.